The highest BCUT2D eigenvalue weighted by Gasteiger charge is 2.11. The molecule has 148 valence electrons. The number of nitrogens with two attached hydrogens (primary N) is 1. The smallest absolute Gasteiger partial charge is 0.270 e. The van der Waals surface area contributed by atoms with Gasteiger partial charge in [0.05, 0.1) is 7.11 Å². The molecular weight excluding hydrogens is 372 g/mol. The summed E-state index contributed by atoms with van der Waals surface area (Å²) in [6.45, 7) is 0.222. The summed E-state index contributed by atoms with van der Waals surface area (Å²) in [5, 5.41) is 2.71. The van der Waals surface area contributed by atoms with Crippen LogP contribution in [0.1, 0.15) is 37.8 Å². The number of primary amides is 1. The molecule has 0 radical (unpaired) electrons. The minimum absolute atomic E-state index is 0.0333. The van der Waals surface area contributed by atoms with Gasteiger partial charge in [0.25, 0.3) is 11.5 Å². The first-order valence-corrected chi connectivity index (χ1v) is 8.84. The molecule has 4 N–H and O–H groups in total. The number of carbonyl (C=O) groups excluding carboxylic acids is 2. The average Bonchev–Trinajstić information content (AvgIpc) is 2.72. The van der Waals surface area contributed by atoms with Crippen LogP contribution in [-0.2, 0) is 13.0 Å². The molecule has 0 bridgehead atoms. The van der Waals surface area contributed by atoms with Gasteiger partial charge >= 0.3 is 0 Å². The molecule has 3 rings (SSSR count). The van der Waals surface area contributed by atoms with Crippen molar-refractivity contribution in [1.29, 1.82) is 0 Å². The van der Waals surface area contributed by atoms with E-state index in [1.54, 1.807) is 31.4 Å². The number of ether oxygens (including phenoxy) is 1. The van der Waals surface area contributed by atoms with Gasteiger partial charge in [-0.3, -0.25) is 14.4 Å². The van der Waals surface area contributed by atoms with E-state index in [9.17, 15) is 14.4 Å². The minimum Gasteiger partial charge on any atom is -0.497 e. The zero-order valence-corrected chi connectivity index (χ0v) is 15.8. The van der Waals surface area contributed by atoms with Crippen LogP contribution in [0, 0.1) is 0 Å². The first-order valence-electron chi connectivity index (χ1n) is 8.84. The van der Waals surface area contributed by atoms with Gasteiger partial charge in [-0.15, -0.1) is 0 Å². The molecule has 1 aromatic heterocycles. The third kappa shape index (κ3) is 5.29. The maximum absolute atomic E-state index is 12.4. The zero-order chi connectivity index (χ0) is 20.8. The van der Waals surface area contributed by atoms with Gasteiger partial charge in [-0.2, -0.15) is 0 Å². The molecule has 0 atom stereocenters. The van der Waals surface area contributed by atoms with Crippen molar-refractivity contribution < 1.29 is 14.3 Å². The molecule has 29 heavy (non-hydrogen) atoms. The van der Waals surface area contributed by atoms with E-state index >= 15 is 0 Å². The largest absolute Gasteiger partial charge is 0.497 e. The number of hydrogen-bond acceptors (Lipinski definition) is 5. The van der Waals surface area contributed by atoms with Crippen molar-refractivity contribution in [3.63, 3.8) is 0 Å². The van der Waals surface area contributed by atoms with Gasteiger partial charge in [-0.05, 0) is 35.4 Å². The summed E-state index contributed by atoms with van der Waals surface area (Å²) in [5.41, 5.74) is 6.92. The number of aromatic amines is 1. The fourth-order valence-electron chi connectivity index (χ4n) is 2.70. The molecule has 0 saturated heterocycles. The lowest BCUT2D eigenvalue weighted by Crippen LogP contribution is -2.26. The number of nitrogens with zero attached hydrogens (tertiary/aromatic N) is 1. The predicted octanol–water partition coefficient (Wildman–Crippen LogP) is 1.40. The fraction of sp³-hybridized carbons (Fsp3) is 0.143. The van der Waals surface area contributed by atoms with Gasteiger partial charge < -0.3 is 20.8 Å². The van der Waals surface area contributed by atoms with Crippen molar-refractivity contribution in [3.05, 3.63) is 93.2 Å². The van der Waals surface area contributed by atoms with Crippen LogP contribution in [0.5, 0.6) is 5.75 Å². The highest BCUT2D eigenvalue weighted by atomic mass is 16.5. The predicted molar refractivity (Wildman–Crippen MR) is 107 cm³/mol. The lowest BCUT2D eigenvalue weighted by atomic mass is 10.1. The Hall–Kier alpha value is -3.94. The molecule has 2 aromatic carbocycles. The quantitative estimate of drug-likeness (QED) is 0.560. The number of nitrogens with one attached hydrogen (secondary N) is 2. The molecule has 0 unspecified atom stereocenters. The third-order valence-corrected chi connectivity index (χ3v) is 4.25. The van der Waals surface area contributed by atoms with Crippen LogP contribution in [0.4, 0.5) is 0 Å². The molecular formula is C21H20N4O4. The molecule has 0 aliphatic carbocycles. The number of hydrogen-bond donors (Lipinski definition) is 3. The summed E-state index contributed by atoms with van der Waals surface area (Å²) >= 11 is 0. The second kappa shape index (κ2) is 8.83. The van der Waals surface area contributed by atoms with Crippen LogP contribution in [0.2, 0.25) is 0 Å². The first kappa shape index (κ1) is 19.8. The van der Waals surface area contributed by atoms with Crippen molar-refractivity contribution in [2.75, 3.05) is 7.11 Å². The zero-order valence-electron chi connectivity index (χ0n) is 15.8. The SMILES string of the molecule is COc1ccc(Cc2nc(C(=O)NCc3ccc(C(N)=O)cc3)cc(=O)[nH]2)cc1. The Bertz CT molecular complexity index is 1070. The summed E-state index contributed by atoms with van der Waals surface area (Å²) in [5.74, 6) is 0.134. The number of carbonyl (C=O) groups is 2. The van der Waals surface area contributed by atoms with E-state index in [-0.39, 0.29) is 12.2 Å². The van der Waals surface area contributed by atoms with E-state index in [1.807, 2.05) is 24.3 Å². The molecule has 0 spiro atoms. The normalized spacial score (nSPS) is 10.4. The first-order chi connectivity index (χ1) is 13.9. The summed E-state index contributed by atoms with van der Waals surface area (Å²) in [6.07, 6.45) is 0.370. The van der Waals surface area contributed by atoms with Crippen molar-refractivity contribution in [2.24, 2.45) is 5.73 Å². The number of amides is 2. The van der Waals surface area contributed by atoms with Crippen LogP contribution in [0.15, 0.2) is 59.4 Å². The van der Waals surface area contributed by atoms with E-state index in [0.717, 1.165) is 22.9 Å². The Labute approximate surface area is 166 Å². The molecule has 0 fully saturated rings. The molecule has 3 aromatic rings. The molecule has 8 nitrogen and oxygen atoms in total. The van der Waals surface area contributed by atoms with Crippen LogP contribution < -0.4 is 21.3 Å². The van der Waals surface area contributed by atoms with Crippen LogP contribution in [-0.4, -0.2) is 28.9 Å². The van der Waals surface area contributed by atoms with E-state index < -0.39 is 17.4 Å². The Morgan fingerprint density at radius 2 is 1.72 bits per heavy atom. The fourth-order valence-corrected chi connectivity index (χ4v) is 2.70. The van der Waals surface area contributed by atoms with Gasteiger partial charge in [0.1, 0.15) is 17.3 Å². The van der Waals surface area contributed by atoms with Crippen molar-refractivity contribution in [1.82, 2.24) is 15.3 Å². The van der Waals surface area contributed by atoms with Gasteiger partial charge in [0.15, 0.2) is 0 Å². The van der Waals surface area contributed by atoms with E-state index in [4.69, 9.17) is 10.5 Å². The summed E-state index contributed by atoms with van der Waals surface area (Å²) in [4.78, 5) is 42.4. The Morgan fingerprint density at radius 1 is 1.07 bits per heavy atom. The van der Waals surface area contributed by atoms with Crippen LogP contribution in [0.25, 0.3) is 0 Å². The van der Waals surface area contributed by atoms with Crippen molar-refractivity contribution >= 4 is 11.8 Å². The highest BCUT2D eigenvalue weighted by Crippen LogP contribution is 2.13. The number of rotatable bonds is 7. The maximum Gasteiger partial charge on any atom is 0.270 e. The van der Waals surface area contributed by atoms with E-state index in [1.165, 1.54) is 0 Å². The molecule has 1 heterocycles. The van der Waals surface area contributed by atoms with Crippen LogP contribution >= 0.6 is 0 Å². The standard InChI is InChI=1S/C21H20N4O4/c1-29-16-8-4-13(5-9-16)10-18-24-17(11-19(26)25-18)21(28)23-12-14-2-6-15(7-3-14)20(22)27/h2-9,11H,10,12H2,1H3,(H2,22,27)(H,23,28)(H,24,25,26). The molecule has 0 aliphatic rings. The topological polar surface area (TPSA) is 127 Å². The Balaban J connectivity index is 1.68. The number of benzene rings is 2. The number of methoxy groups -OCH3 is 1. The highest BCUT2D eigenvalue weighted by molar-refractivity contribution is 5.93. The molecule has 0 aliphatic heterocycles. The van der Waals surface area contributed by atoms with Gasteiger partial charge in [-0.25, -0.2) is 4.98 Å². The lowest BCUT2D eigenvalue weighted by molar-refractivity contribution is 0.0943. The number of aromatic nitrogens is 2. The Kier molecular flexibility index (Phi) is 6.03. The third-order valence-electron chi connectivity index (χ3n) is 4.25. The molecule has 2 amide bonds. The second-order valence-corrected chi connectivity index (χ2v) is 6.35. The average molecular weight is 392 g/mol. The monoisotopic (exact) mass is 392 g/mol. The van der Waals surface area contributed by atoms with E-state index in [0.29, 0.717) is 17.8 Å². The lowest BCUT2D eigenvalue weighted by Gasteiger charge is -2.07. The Morgan fingerprint density at radius 3 is 2.34 bits per heavy atom. The van der Waals surface area contributed by atoms with Gasteiger partial charge in [0, 0.05) is 24.6 Å². The van der Waals surface area contributed by atoms with E-state index in [2.05, 4.69) is 15.3 Å². The summed E-state index contributed by atoms with van der Waals surface area (Å²) in [7, 11) is 1.59. The summed E-state index contributed by atoms with van der Waals surface area (Å²) < 4.78 is 5.12. The van der Waals surface area contributed by atoms with Gasteiger partial charge in [0.2, 0.25) is 5.91 Å². The van der Waals surface area contributed by atoms with Crippen molar-refractivity contribution in [3.8, 4) is 5.75 Å². The number of H-pyrrole nitrogens is 1. The second-order valence-electron chi connectivity index (χ2n) is 6.35. The summed E-state index contributed by atoms with van der Waals surface area (Å²) in [6, 6.07) is 15.1. The maximum atomic E-state index is 12.4. The van der Waals surface area contributed by atoms with Gasteiger partial charge in [-0.1, -0.05) is 24.3 Å². The minimum atomic E-state index is -0.516. The molecule has 0 saturated carbocycles. The van der Waals surface area contributed by atoms with Crippen LogP contribution in [0.3, 0.4) is 0 Å². The molecule has 8 heteroatoms. The van der Waals surface area contributed by atoms with Crippen molar-refractivity contribution in [2.45, 2.75) is 13.0 Å².